The van der Waals surface area contributed by atoms with Gasteiger partial charge in [0.15, 0.2) is 0 Å². The van der Waals surface area contributed by atoms with Crippen molar-refractivity contribution in [3.8, 4) is 0 Å². The first kappa shape index (κ1) is 79.3. The summed E-state index contributed by atoms with van der Waals surface area (Å²) in [6.45, 7) is 17.1. The number of carbonyl (C=O) groups is 10. The Morgan fingerprint density at radius 1 is 0.310 bits per heavy atom. The molecule has 0 atom stereocenters. The lowest BCUT2D eigenvalue weighted by atomic mass is 10.1. The number of hydroxylamine groups is 4. The van der Waals surface area contributed by atoms with Crippen LogP contribution in [0, 0.1) is 0 Å². The number of rotatable bonds is 60. The topological polar surface area (TPSA) is 419 Å². The van der Waals surface area contributed by atoms with Crippen LogP contribution in [0.3, 0.4) is 0 Å². The van der Waals surface area contributed by atoms with Crippen LogP contribution in [0.4, 0.5) is 9.59 Å². The van der Waals surface area contributed by atoms with Gasteiger partial charge in [-0.05, 0) is 51.4 Å². The number of hydrogen-bond donors (Lipinski definition) is 12. The molecule has 87 heavy (non-hydrogen) atoms. The highest BCUT2D eigenvalue weighted by Crippen LogP contribution is 2.09. The van der Waals surface area contributed by atoms with E-state index in [1.165, 1.54) is 9.80 Å². The Hall–Kier alpha value is -7.74. The van der Waals surface area contributed by atoms with Crippen molar-refractivity contribution < 1.29 is 102 Å². The molecule has 0 radical (unpaired) electrons. The Bertz CT molecular complexity index is 2100. The summed E-state index contributed by atoms with van der Waals surface area (Å²) in [4.78, 5) is 142. The van der Waals surface area contributed by atoms with Crippen LogP contribution in [0.25, 0.3) is 0 Å². The lowest BCUT2D eigenvalue weighted by Gasteiger charge is -2.23. The summed E-state index contributed by atoms with van der Waals surface area (Å²) < 4.78 is 16.5. The van der Waals surface area contributed by atoms with Crippen LogP contribution in [0.5, 0.6) is 0 Å². The molecule has 0 heterocycles. The number of aliphatic carboxylic acids is 4. The van der Waals surface area contributed by atoms with Crippen LogP contribution >= 0.6 is 0 Å². The zero-order valence-electron chi connectivity index (χ0n) is 50.3. The summed E-state index contributed by atoms with van der Waals surface area (Å²) in [5.41, 5.74) is 10.9. The second kappa shape index (κ2) is 53.7. The van der Waals surface area contributed by atoms with Crippen LogP contribution in [-0.4, -0.2) is 195 Å². The lowest BCUT2D eigenvalue weighted by Crippen LogP contribution is -2.43. The molecule has 0 aliphatic heterocycles. The van der Waals surface area contributed by atoms with Crippen LogP contribution in [-0.2, 0) is 71.9 Å². The SMILES string of the molecule is C=C(CCCCCNOC(=C)CC(=O)O)ONCCN(CCNOC(=C)CCCCNOC(=C)CC(=O)O)C(=O)OCCOCCOC(=O)N(CCNC(=O)CCCCCCNC(=O)CCC(=O)O)CCNC(=O)CCCCCNC(=O)CCC(=O)O. The number of amides is 6. The van der Waals surface area contributed by atoms with Gasteiger partial charge in [0.05, 0.1) is 26.1 Å². The summed E-state index contributed by atoms with van der Waals surface area (Å²) in [5, 5.41) is 45.9. The van der Waals surface area contributed by atoms with Gasteiger partial charge in [0, 0.05) is 117 Å². The quantitative estimate of drug-likeness (QED) is 0.0236. The summed E-state index contributed by atoms with van der Waals surface area (Å²) in [6.07, 6.45) is 6.89. The number of carbonyl (C=O) groups excluding carboxylic acids is 6. The zero-order valence-corrected chi connectivity index (χ0v) is 50.3. The Labute approximate surface area is 508 Å². The van der Waals surface area contributed by atoms with Gasteiger partial charge >= 0.3 is 36.1 Å². The Balaban J connectivity index is 5.16. The first-order valence-electron chi connectivity index (χ1n) is 29.3. The molecule has 496 valence electrons. The molecule has 0 aromatic heterocycles. The molecule has 0 aliphatic carbocycles. The van der Waals surface area contributed by atoms with E-state index in [9.17, 15) is 47.9 Å². The van der Waals surface area contributed by atoms with Gasteiger partial charge < -0.3 is 85.1 Å². The third-order valence-corrected chi connectivity index (χ3v) is 11.8. The predicted molar refractivity (Wildman–Crippen MR) is 314 cm³/mol. The van der Waals surface area contributed by atoms with Gasteiger partial charge in [0.1, 0.15) is 49.1 Å². The number of nitrogens with zero attached hydrogens (tertiary/aromatic N) is 2. The number of carboxylic acid groups (broad SMARTS) is 4. The van der Waals surface area contributed by atoms with E-state index in [1.807, 2.05) is 0 Å². The van der Waals surface area contributed by atoms with Crippen molar-refractivity contribution in [3.63, 3.8) is 0 Å². The van der Waals surface area contributed by atoms with Crippen molar-refractivity contribution in [2.45, 2.75) is 141 Å². The molecule has 0 saturated heterocycles. The van der Waals surface area contributed by atoms with Crippen LogP contribution < -0.4 is 43.2 Å². The minimum Gasteiger partial charge on any atom is -0.481 e. The number of allylic oxidation sites excluding steroid dienone is 2. The maximum absolute atomic E-state index is 13.3. The van der Waals surface area contributed by atoms with Gasteiger partial charge in [-0.15, -0.1) is 0 Å². The van der Waals surface area contributed by atoms with Gasteiger partial charge in [-0.2, -0.15) is 21.9 Å². The molecule has 0 aliphatic rings. The van der Waals surface area contributed by atoms with E-state index in [4.69, 9.17) is 54.0 Å². The van der Waals surface area contributed by atoms with Crippen molar-refractivity contribution in [2.24, 2.45) is 0 Å². The summed E-state index contributed by atoms with van der Waals surface area (Å²) in [5.74, 6) is -4.27. The molecule has 0 aromatic carbocycles. The largest absolute Gasteiger partial charge is 0.481 e. The second-order valence-electron chi connectivity index (χ2n) is 19.5. The number of ether oxygens (including phenoxy) is 3. The fourth-order valence-corrected chi connectivity index (χ4v) is 7.21. The monoisotopic (exact) mass is 1240 g/mol. The second-order valence-corrected chi connectivity index (χ2v) is 19.5. The van der Waals surface area contributed by atoms with E-state index >= 15 is 0 Å². The maximum atomic E-state index is 13.3. The first-order chi connectivity index (χ1) is 41.7. The Kier molecular flexibility index (Phi) is 48.9. The van der Waals surface area contributed by atoms with E-state index in [1.54, 1.807) is 0 Å². The number of hydrogen-bond acceptors (Lipinski definition) is 21. The fourth-order valence-electron chi connectivity index (χ4n) is 7.21. The van der Waals surface area contributed by atoms with Gasteiger partial charge in [-0.1, -0.05) is 52.0 Å². The lowest BCUT2D eigenvalue weighted by molar-refractivity contribution is -0.139. The number of unbranched alkanes of at least 4 members (excludes halogenated alkanes) is 8. The van der Waals surface area contributed by atoms with Crippen LogP contribution in [0.15, 0.2) is 49.4 Å². The van der Waals surface area contributed by atoms with Crippen LogP contribution in [0.1, 0.15) is 141 Å². The molecular formula is C56H96N10O21. The molecule has 0 saturated carbocycles. The molecule has 0 bridgehead atoms. The third kappa shape index (κ3) is 53.5. The van der Waals surface area contributed by atoms with Crippen molar-refractivity contribution >= 4 is 59.7 Å². The van der Waals surface area contributed by atoms with E-state index in [-0.39, 0.29) is 165 Å². The van der Waals surface area contributed by atoms with Crippen molar-refractivity contribution in [1.29, 1.82) is 0 Å². The maximum Gasteiger partial charge on any atom is 0.409 e. The minimum atomic E-state index is -1.06. The predicted octanol–water partition coefficient (Wildman–Crippen LogP) is 3.41. The third-order valence-electron chi connectivity index (χ3n) is 11.8. The number of nitrogens with one attached hydrogen (secondary N) is 8. The molecule has 0 fully saturated rings. The van der Waals surface area contributed by atoms with E-state index in [0.29, 0.717) is 95.5 Å². The first-order valence-corrected chi connectivity index (χ1v) is 29.3. The number of carboxylic acids is 4. The molecule has 0 aromatic rings. The van der Waals surface area contributed by atoms with Gasteiger partial charge in [0.25, 0.3) is 0 Å². The molecule has 0 unspecified atom stereocenters. The van der Waals surface area contributed by atoms with Gasteiger partial charge in [-0.3, -0.25) is 38.4 Å². The van der Waals surface area contributed by atoms with Crippen molar-refractivity contribution in [2.75, 3.05) is 105 Å². The van der Waals surface area contributed by atoms with E-state index in [2.05, 4.69) is 69.5 Å². The highest BCUT2D eigenvalue weighted by atomic mass is 16.7. The fraction of sp³-hybridized carbons (Fsp3) is 0.679. The van der Waals surface area contributed by atoms with E-state index < -0.39 is 36.1 Å². The molecule has 31 nitrogen and oxygen atoms in total. The minimum absolute atomic E-state index is 0.0459. The highest BCUT2D eigenvalue weighted by molar-refractivity contribution is 5.81. The highest BCUT2D eigenvalue weighted by Gasteiger charge is 2.18. The summed E-state index contributed by atoms with van der Waals surface area (Å²) in [7, 11) is 0. The van der Waals surface area contributed by atoms with E-state index in [0.717, 1.165) is 32.1 Å². The zero-order chi connectivity index (χ0) is 64.7. The Morgan fingerprint density at radius 2 is 0.621 bits per heavy atom. The average molecular weight is 1250 g/mol. The Morgan fingerprint density at radius 3 is 1.03 bits per heavy atom. The molecular weight excluding hydrogens is 1150 g/mol. The molecule has 31 heteroatoms. The molecule has 0 spiro atoms. The van der Waals surface area contributed by atoms with Crippen LogP contribution in [0.2, 0.25) is 0 Å². The van der Waals surface area contributed by atoms with Gasteiger partial charge in [0.2, 0.25) is 23.6 Å². The molecule has 0 rings (SSSR count). The van der Waals surface area contributed by atoms with Crippen molar-refractivity contribution in [3.05, 3.63) is 49.4 Å². The summed E-state index contributed by atoms with van der Waals surface area (Å²) in [6, 6.07) is 0. The summed E-state index contributed by atoms with van der Waals surface area (Å²) >= 11 is 0. The standard InChI is InChI=1S/C56H96N10O21/c1-43(17-9-7-15-27-61-86-45(3)41-53(75)76)84-63-31-35-66(36-32-64-85-44(2)18-12-16-28-62-87-46(4)42-54(77)78)56(80)83-40-38-81-37-39-82-55(79)65(34-30-60-48(68)20-11-8-14-26-58-50(70)22-24-52(73)74)33-29-59-47(67)19-10-5-6-13-25-57-49(69)21-23-51(71)72/h61-64H,1-42H2,(H,57,69)(H,58,70)(H,59,67)(H,60,68)(H,71,72)(H,73,74)(H,75,76)(H,77,78). The smallest absolute Gasteiger partial charge is 0.409 e. The van der Waals surface area contributed by atoms with Gasteiger partial charge in [-0.25, -0.2) is 9.59 Å². The molecule has 12 N–H and O–H groups in total. The van der Waals surface area contributed by atoms with Crippen molar-refractivity contribution in [1.82, 2.24) is 53.0 Å². The normalized spacial score (nSPS) is 10.6. The average Bonchev–Trinajstić information content (AvgIpc) is 3.52. The molecule has 6 amide bonds.